The summed E-state index contributed by atoms with van der Waals surface area (Å²) in [5, 5.41) is 3.17. The number of aromatic nitrogens is 2. The molecule has 1 aliphatic rings. The minimum atomic E-state index is -0.606. The molecule has 1 unspecified atom stereocenters. The third-order valence-corrected chi connectivity index (χ3v) is 6.31. The molecule has 0 fully saturated rings. The number of anilines is 1. The Hall–Kier alpha value is -3.55. The van der Waals surface area contributed by atoms with E-state index in [-0.39, 0.29) is 28.1 Å². The number of benzene rings is 1. The van der Waals surface area contributed by atoms with Gasteiger partial charge in [0.2, 0.25) is 0 Å². The van der Waals surface area contributed by atoms with Gasteiger partial charge in [-0.1, -0.05) is 20.8 Å². The number of ether oxygens (including phenoxy) is 1. The number of hydrogen-bond donors (Lipinski definition) is 1. The molecule has 0 bridgehead atoms. The van der Waals surface area contributed by atoms with Gasteiger partial charge in [-0.3, -0.25) is 4.79 Å². The summed E-state index contributed by atoms with van der Waals surface area (Å²) in [6.07, 6.45) is 1.55. The molecule has 1 aliphatic heterocycles. The van der Waals surface area contributed by atoms with E-state index in [1.807, 2.05) is 33.8 Å². The van der Waals surface area contributed by atoms with E-state index in [0.717, 1.165) is 17.3 Å². The molecule has 0 spiro atoms. The van der Waals surface area contributed by atoms with Crippen molar-refractivity contribution >= 4 is 11.7 Å². The molecule has 3 heterocycles. The van der Waals surface area contributed by atoms with Crippen molar-refractivity contribution in [3.8, 4) is 17.0 Å². The van der Waals surface area contributed by atoms with Gasteiger partial charge in [-0.25, -0.2) is 18.7 Å². The van der Waals surface area contributed by atoms with Crippen LogP contribution in [-0.2, 0) is 12.0 Å². The van der Waals surface area contributed by atoms with Crippen molar-refractivity contribution in [3.05, 3.63) is 70.5 Å². The first-order valence-corrected chi connectivity index (χ1v) is 11.6. The quantitative estimate of drug-likeness (QED) is 0.477. The van der Waals surface area contributed by atoms with Gasteiger partial charge in [0, 0.05) is 46.1 Å². The zero-order valence-corrected chi connectivity index (χ0v) is 20.9. The Morgan fingerprint density at radius 2 is 1.89 bits per heavy atom. The van der Waals surface area contributed by atoms with Crippen LogP contribution in [0.4, 0.5) is 14.6 Å². The van der Waals surface area contributed by atoms with Crippen molar-refractivity contribution < 1.29 is 18.3 Å². The first kappa shape index (κ1) is 24.6. The molecular formula is C27H30F2N4O2. The summed E-state index contributed by atoms with van der Waals surface area (Å²) >= 11 is 0. The summed E-state index contributed by atoms with van der Waals surface area (Å²) in [5.74, 6) is -0.384. The predicted octanol–water partition coefficient (Wildman–Crippen LogP) is 5.88. The van der Waals surface area contributed by atoms with E-state index < -0.39 is 17.7 Å². The number of carbonyl (C=O) groups excluding carboxylic acids is 1. The summed E-state index contributed by atoms with van der Waals surface area (Å²) in [4.78, 5) is 23.2. The van der Waals surface area contributed by atoms with Gasteiger partial charge in [-0.05, 0) is 44.2 Å². The van der Waals surface area contributed by atoms with E-state index in [4.69, 9.17) is 4.74 Å². The van der Waals surface area contributed by atoms with Crippen LogP contribution in [0.1, 0.15) is 67.8 Å². The largest absolute Gasteiger partial charge is 0.494 e. The second-order valence-electron chi connectivity index (χ2n) is 9.72. The average molecular weight is 481 g/mol. The van der Waals surface area contributed by atoms with Crippen molar-refractivity contribution in [1.29, 1.82) is 0 Å². The Bertz CT molecular complexity index is 1290. The molecule has 184 valence electrons. The SMILES string of the molecule is CCN1Cc2c(ccnc2NC(C)c2cc(F)c(-c3nc(C(C)(C)C)ccc3OC)cc2F)C1=O. The lowest BCUT2D eigenvalue weighted by molar-refractivity contribution is 0.0787. The number of methoxy groups -OCH3 is 1. The van der Waals surface area contributed by atoms with E-state index in [9.17, 15) is 4.79 Å². The van der Waals surface area contributed by atoms with Crippen LogP contribution in [0, 0.1) is 11.6 Å². The lowest BCUT2D eigenvalue weighted by Gasteiger charge is -2.21. The Morgan fingerprint density at radius 3 is 2.54 bits per heavy atom. The summed E-state index contributed by atoms with van der Waals surface area (Å²) in [7, 11) is 1.47. The highest BCUT2D eigenvalue weighted by molar-refractivity contribution is 5.99. The Kier molecular flexibility index (Phi) is 6.49. The Balaban J connectivity index is 1.68. The number of fused-ring (bicyclic) bond motifs is 1. The second kappa shape index (κ2) is 9.24. The van der Waals surface area contributed by atoms with Crippen LogP contribution in [-0.4, -0.2) is 34.4 Å². The fraction of sp³-hybridized carbons (Fsp3) is 0.370. The molecule has 3 aromatic rings. The lowest BCUT2D eigenvalue weighted by Crippen LogP contribution is -2.22. The number of pyridine rings is 2. The summed E-state index contributed by atoms with van der Waals surface area (Å²) in [6, 6.07) is 6.97. The van der Waals surface area contributed by atoms with E-state index >= 15 is 8.78 Å². The van der Waals surface area contributed by atoms with Gasteiger partial charge in [0.25, 0.3) is 5.91 Å². The molecule has 8 heteroatoms. The molecular weight excluding hydrogens is 450 g/mol. The number of hydrogen-bond acceptors (Lipinski definition) is 5. The van der Waals surface area contributed by atoms with Crippen LogP contribution in [0.15, 0.2) is 36.5 Å². The topological polar surface area (TPSA) is 67.3 Å². The minimum Gasteiger partial charge on any atom is -0.494 e. The molecule has 2 aromatic heterocycles. The number of amides is 1. The summed E-state index contributed by atoms with van der Waals surface area (Å²) in [5.41, 5.74) is 2.24. The first-order chi connectivity index (χ1) is 16.5. The van der Waals surface area contributed by atoms with Crippen molar-refractivity contribution in [2.24, 2.45) is 0 Å². The van der Waals surface area contributed by atoms with Gasteiger partial charge in [-0.2, -0.15) is 0 Å². The molecule has 1 amide bonds. The summed E-state index contributed by atoms with van der Waals surface area (Å²) in [6.45, 7) is 10.7. The number of rotatable bonds is 6. The number of halogens is 2. The van der Waals surface area contributed by atoms with Crippen molar-refractivity contribution in [2.45, 2.75) is 52.6 Å². The minimum absolute atomic E-state index is 0.0318. The standard InChI is InChI=1S/C27H30F2N4O2/c1-7-33-14-19-16(26(33)34)10-11-30-25(19)31-15(2)17-12-21(29)18(13-20(17)28)24-22(35-6)8-9-23(32-24)27(3,4)5/h8-13,15H,7,14H2,1-6H3,(H,30,31). The molecule has 4 rings (SSSR count). The van der Waals surface area contributed by atoms with E-state index in [1.54, 1.807) is 30.2 Å². The number of nitrogens with zero attached hydrogens (tertiary/aromatic N) is 3. The van der Waals surface area contributed by atoms with E-state index in [2.05, 4.69) is 15.3 Å². The van der Waals surface area contributed by atoms with Crippen molar-refractivity contribution in [3.63, 3.8) is 0 Å². The second-order valence-corrected chi connectivity index (χ2v) is 9.72. The molecule has 0 aliphatic carbocycles. The van der Waals surface area contributed by atoms with Gasteiger partial charge in [0.1, 0.15) is 28.9 Å². The maximum atomic E-state index is 15.4. The predicted molar refractivity (Wildman–Crippen MR) is 132 cm³/mol. The van der Waals surface area contributed by atoms with Crippen LogP contribution in [0.3, 0.4) is 0 Å². The highest BCUT2D eigenvalue weighted by Gasteiger charge is 2.30. The molecule has 1 aromatic carbocycles. The molecule has 0 radical (unpaired) electrons. The van der Waals surface area contributed by atoms with Gasteiger partial charge >= 0.3 is 0 Å². The van der Waals surface area contributed by atoms with Gasteiger partial charge in [0.05, 0.1) is 19.7 Å². The summed E-state index contributed by atoms with van der Waals surface area (Å²) < 4.78 is 36.1. The number of nitrogens with one attached hydrogen (secondary N) is 1. The highest BCUT2D eigenvalue weighted by atomic mass is 19.1. The molecule has 6 nitrogen and oxygen atoms in total. The molecule has 0 saturated carbocycles. The van der Waals surface area contributed by atoms with Crippen LogP contribution < -0.4 is 10.1 Å². The smallest absolute Gasteiger partial charge is 0.254 e. The van der Waals surface area contributed by atoms with Gasteiger partial charge in [-0.15, -0.1) is 0 Å². The van der Waals surface area contributed by atoms with Crippen molar-refractivity contribution in [1.82, 2.24) is 14.9 Å². The third kappa shape index (κ3) is 4.57. The zero-order valence-electron chi connectivity index (χ0n) is 20.9. The van der Waals surface area contributed by atoms with Gasteiger partial charge in [0.15, 0.2) is 0 Å². The van der Waals surface area contributed by atoms with Crippen LogP contribution >= 0.6 is 0 Å². The Labute approximate surface area is 204 Å². The third-order valence-electron chi connectivity index (χ3n) is 6.31. The maximum Gasteiger partial charge on any atom is 0.254 e. The molecule has 0 saturated heterocycles. The fourth-order valence-electron chi connectivity index (χ4n) is 4.25. The lowest BCUT2D eigenvalue weighted by atomic mass is 9.91. The fourth-order valence-corrected chi connectivity index (χ4v) is 4.25. The van der Waals surface area contributed by atoms with Crippen LogP contribution in [0.25, 0.3) is 11.3 Å². The normalized spacial score (nSPS) is 14.2. The van der Waals surface area contributed by atoms with Crippen LogP contribution in [0.5, 0.6) is 5.75 Å². The molecule has 35 heavy (non-hydrogen) atoms. The van der Waals surface area contributed by atoms with Crippen LogP contribution in [0.2, 0.25) is 0 Å². The van der Waals surface area contributed by atoms with E-state index in [1.165, 1.54) is 13.2 Å². The first-order valence-electron chi connectivity index (χ1n) is 11.6. The number of carbonyl (C=O) groups is 1. The molecule has 1 N–H and O–H groups in total. The molecule has 1 atom stereocenters. The van der Waals surface area contributed by atoms with E-state index in [0.29, 0.717) is 30.2 Å². The monoisotopic (exact) mass is 480 g/mol. The average Bonchev–Trinajstić information content (AvgIpc) is 3.15. The zero-order chi connectivity index (χ0) is 25.5. The Morgan fingerprint density at radius 1 is 1.14 bits per heavy atom. The maximum absolute atomic E-state index is 15.4. The van der Waals surface area contributed by atoms with Crippen molar-refractivity contribution in [2.75, 3.05) is 19.0 Å². The highest BCUT2D eigenvalue weighted by Crippen LogP contribution is 2.36. The van der Waals surface area contributed by atoms with Gasteiger partial charge < -0.3 is 15.0 Å².